The molecule has 8 heteroatoms. The van der Waals surface area contributed by atoms with Gasteiger partial charge in [0.05, 0.1) is 17.1 Å². The van der Waals surface area contributed by atoms with Gasteiger partial charge in [0.25, 0.3) is 0 Å². The van der Waals surface area contributed by atoms with E-state index >= 15 is 0 Å². The van der Waals surface area contributed by atoms with Crippen LogP contribution in [0.5, 0.6) is 5.75 Å². The van der Waals surface area contributed by atoms with E-state index in [1.54, 1.807) is 12.4 Å². The molecule has 0 amide bonds. The second kappa shape index (κ2) is 9.57. The van der Waals surface area contributed by atoms with Crippen molar-refractivity contribution in [2.75, 3.05) is 26.2 Å². The largest absolute Gasteiger partial charge is 0.488 e. The molecule has 0 spiro atoms. The summed E-state index contributed by atoms with van der Waals surface area (Å²) in [6.45, 7) is 13.5. The van der Waals surface area contributed by atoms with Gasteiger partial charge in [0.15, 0.2) is 0 Å². The maximum absolute atomic E-state index is 9.42. The van der Waals surface area contributed by atoms with Crippen molar-refractivity contribution in [1.82, 2.24) is 19.4 Å². The van der Waals surface area contributed by atoms with Crippen molar-refractivity contribution < 1.29 is 9.47 Å². The van der Waals surface area contributed by atoms with E-state index in [1.807, 2.05) is 12.1 Å². The summed E-state index contributed by atoms with van der Waals surface area (Å²) in [5, 5.41) is 11.3. The second-order valence-electron chi connectivity index (χ2n) is 9.76. The smallest absolute Gasteiger partial charge is 0.146 e. The minimum Gasteiger partial charge on any atom is -0.488 e. The Kier molecular flexibility index (Phi) is 6.79. The monoisotopic (exact) mass is 451 g/mol. The van der Waals surface area contributed by atoms with E-state index in [4.69, 9.17) is 9.47 Å². The molecule has 4 rings (SSSR count). The van der Waals surface area contributed by atoms with Gasteiger partial charge in [-0.15, -0.1) is 0 Å². The SMILES string of the molecule is CCN1CCC[C@@H](Oc2ccnc3c2c2cc(C#N)ncc2n3COCC[Si](C)(C)C)C1. The zero-order valence-corrected chi connectivity index (χ0v) is 20.6. The minimum atomic E-state index is -1.16. The summed E-state index contributed by atoms with van der Waals surface area (Å²) in [4.78, 5) is 11.4. The summed E-state index contributed by atoms with van der Waals surface area (Å²) in [7, 11) is -1.16. The first kappa shape index (κ1) is 22.7. The van der Waals surface area contributed by atoms with Crippen molar-refractivity contribution in [2.24, 2.45) is 0 Å². The number of piperidine rings is 1. The molecule has 1 atom stereocenters. The molecule has 4 heterocycles. The Hall–Kier alpha value is -2.47. The number of ether oxygens (including phenoxy) is 2. The summed E-state index contributed by atoms with van der Waals surface area (Å²) < 4.78 is 14.6. The lowest BCUT2D eigenvalue weighted by molar-refractivity contribution is 0.0916. The van der Waals surface area contributed by atoms with Gasteiger partial charge < -0.3 is 9.47 Å². The average Bonchev–Trinajstić information content (AvgIpc) is 3.10. The summed E-state index contributed by atoms with van der Waals surface area (Å²) >= 11 is 0. The first-order chi connectivity index (χ1) is 15.4. The van der Waals surface area contributed by atoms with Gasteiger partial charge in [-0.1, -0.05) is 26.6 Å². The van der Waals surface area contributed by atoms with Crippen LogP contribution in [0.1, 0.15) is 25.5 Å². The summed E-state index contributed by atoms with van der Waals surface area (Å²) in [6.07, 6.45) is 5.89. The zero-order valence-electron chi connectivity index (χ0n) is 19.6. The van der Waals surface area contributed by atoms with Gasteiger partial charge >= 0.3 is 0 Å². The molecule has 7 nitrogen and oxygen atoms in total. The first-order valence-corrected chi connectivity index (χ1v) is 15.2. The van der Waals surface area contributed by atoms with Gasteiger partial charge in [0, 0.05) is 32.8 Å². The lowest BCUT2D eigenvalue weighted by Crippen LogP contribution is -2.40. The Balaban J connectivity index is 1.70. The van der Waals surface area contributed by atoms with Crippen molar-refractivity contribution >= 4 is 30.0 Å². The molecule has 1 saturated heterocycles. The van der Waals surface area contributed by atoms with E-state index in [2.05, 4.69) is 52.1 Å². The second-order valence-corrected chi connectivity index (χ2v) is 15.4. The van der Waals surface area contributed by atoms with Gasteiger partial charge in [0.1, 0.15) is 36.0 Å². The molecule has 0 saturated carbocycles. The molecule has 0 radical (unpaired) electrons. The molecule has 32 heavy (non-hydrogen) atoms. The standard InChI is InChI=1S/C24H33N5O2Si/c1-5-28-10-6-7-19(16-28)31-22-8-9-26-24-23(22)20-13-18(14-25)27-15-21(20)29(24)17-30-11-12-32(2,3)4/h8-9,13,15,19H,5-7,10-12,16-17H2,1-4H3/t19-/m1/s1. The van der Waals surface area contributed by atoms with E-state index in [1.165, 1.54) is 0 Å². The summed E-state index contributed by atoms with van der Waals surface area (Å²) in [6, 6.07) is 7.05. The van der Waals surface area contributed by atoms with Crippen LogP contribution in [0.2, 0.25) is 25.7 Å². The van der Waals surface area contributed by atoms with Crippen LogP contribution < -0.4 is 4.74 Å². The molecule has 1 fully saturated rings. The van der Waals surface area contributed by atoms with Crippen molar-refractivity contribution in [1.29, 1.82) is 5.26 Å². The number of hydrogen-bond donors (Lipinski definition) is 0. The van der Waals surface area contributed by atoms with Crippen LogP contribution >= 0.6 is 0 Å². The third kappa shape index (κ3) is 4.95. The number of likely N-dealkylation sites (tertiary alicyclic amines) is 1. The highest BCUT2D eigenvalue weighted by Gasteiger charge is 2.23. The predicted molar refractivity (Wildman–Crippen MR) is 130 cm³/mol. The van der Waals surface area contributed by atoms with E-state index < -0.39 is 8.07 Å². The van der Waals surface area contributed by atoms with Gasteiger partial charge in [-0.2, -0.15) is 5.26 Å². The molecular weight excluding hydrogens is 418 g/mol. The van der Waals surface area contributed by atoms with Crippen LogP contribution in [0.3, 0.4) is 0 Å². The Bertz CT molecular complexity index is 1130. The van der Waals surface area contributed by atoms with Crippen molar-refractivity contribution in [2.45, 2.75) is 58.3 Å². The van der Waals surface area contributed by atoms with Crippen molar-refractivity contribution in [3.8, 4) is 11.8 Å². The first-order valence-electron chi connectivity index (χ1n) is 11.5. The zero-order chi connectivity index (χ0) is 22.7. The maximum Gasteiger partial charge on any atom is 0.146 e. The summed E-state index contributed by atoms with van der Waals surface area (Å²) in [5.74, 6) is 0.818. The molecule has 0 aromatic carbocycles. The number of aromatic nitrogens is 3. The highest BCUT2D eigenvalue weighted by Crippen LogP contribution is 2.35. The van der Waals surface area contributed by atoms with Crippen LogP contribution in [0.4, 0.5) is 0 Å². The molecule has 0 aliphatic carbocycles. The highest BCUT2D eigenvalue weighted by molar-refractivity contribution is 6.76. The fourth-order valence-electron chi connectivity index (χ4n) is 4.27. The lowest BCUT2D eigenvalue weighted by Gasteiger charge is -2.32. The van der Waals surface area contributed by atoms with E-state index in [9.17, 15) is 5.26 Å². The maximum atomic E-state index is 9.42. The molecule has 1 aliphatic rings. The van der Waals surface area contributed by atoms with Crippen LogP contribution in [-0.4, -0.2) is 59.9 Å². The summed E-state index contributed by atoms with van der Waals surface area (Å²) in [5.41, 5.74) is 2.11. The number of pyridine rings is 2. The molecule has 170 valence electrons. The Morgan fingerprint density at radius 2 is 2.12 bits per heavy atom. The van der Waals surface area contributed by atoms with Crippen LogP contribution in [0, 0.1) is 11.3 Å². The minimum absolute atomic E-state index is 0.151. The molecule has 0 unspecified atom stereocenters. The fourth-order valence-corrected chi connectivity index (χ4v) is 5.03. The van der Waals surface area contributed by atoms with Crippen LogP contribution in [0.15, 0.2) is 24.5 Å². The molecule has 3 aromatic heterocycles. The predicted octanol–water partition coefficient (Wildman–Crippen LogP) is 4.63. The molecular formula is C24H33N5O2Si. The number of likely N-dealkylation sites (N-methyl/N-ethyl adjacent to an activating group) is 1. The third-order valence-electron chi connectivity index (χ3n) is 6.13. The number of hydrogen-bond acceptors (Lipinski definition) is 6. The molecule has 1 aliphatic heterocycles. The average molecular weight is 452 g/mol. The van der Waals surface area contributed by atoms with E-state index in [0.29, 0.717) is 12.4 Å². The normalized spacial score (nSPS) is 17.7. The van der Waals surface area contributed by atoms with Gasteiger partial charge in [-0.25, -0.2) is 9.97 Å². The molecule has 3 aromatic rings. The quantitative estimate of drug-likeness (QED) is 0.367. The third-order valence-corrected chi connectivity index (χ3v) is 7.83. The lowest BCUT2D eigenvalue weighted by atomic mass is 10.1. The van der Waals surface area contributed by atoms with Crippen LogP contribution in [0.25, 0.3) is 21.9 Å². The topological polar surface area (TPSA) is 76.2 Å². The Labute approximate surface area is 191 Å². The number of rotatable bonds is 8. The Morgan fingerprint density at radius 1 is 1.28 bits per heavy atom. The Morgan fingerprint density at radius 3 is 2.88 bits per heavy atom. The number of fused-ring (bicyclic) bond motifs is 3. The van der Waals surface area contributed by atoms with Crippen molar-refractivity contribution in [3.63, 3.8) is 0 Å². The number of nitrogens with zero attached hydrogens (tertiary/aromatic N) is 5. The van der Waals surface area contributed by atoms with Gasteiger partial charge in [0.2, 0.25) is 0 Å². The molecule has 0 bridgehead atoms. The van der Waals surface area contributed by atoms with Crippen molar-refractivity contribution in [3.05, 3.63) is 30.2 Å². The van der Waals surface area contributed by atoms with Crippen LogP contribution in [-0.2, 0) is 11.5 Å². The molecule has 0 N–H and O–H groups in total. The highest BCUT2D eigenvalue weighted by atomic mass is 28.3. The van der Waals surface area contributed by atoms with E-state index in [0.717, 1.165) is 72.8 Å². The van der Waals surface area contributed by atoms with Gasteiger partial charge in [-0.3, -0.25) is 9.47 Å². The van der Waals surface area contributed by atoms with E-state index in [-0.39, 0.29) is 6.10 Å². The van der Waals surface area contributed by atoms with Gasteiger partial charge in [-0.05, 0) is 44.1 Å². The fraction of sp³-hybridized carbons (Fsp3) is 0.542. The number of nitriles is 1.